The fourth-order valence-corrected chi connectivity index (χ4v) is 1.82. The third kappa shape index (κ3) is 1.78. The molecule has 0 bridgehead atoms. The number of nitrogens with zero attached hydrogens (tertiary/aromatic N) is 1. The molecule has 1 saturated heterocycles. The quantitative estimate of drug-likeness (QED) is 0.781. The number of benzene rings is 1. The van der Waals surface area contributed by atoms with Crippen molar-refractivity contribution in [2.24, 2.45) is 5.92 Å². The second-order valence-corrected chi connectivity index (χ2v) is 3.83. The van der Waals surface area contributed by atoms with Gasteiger partial charge in [0, 0.05) is 0 Å². The van der Waals surface area contributed by atoms with Gasteiger partial charge in [0.15, 0.2) is 0 Å². The van der Waals surface area contributed by atoms with Gasteiger partial charge in [0.1, 0.15) is 5.92 Å². The smallest absolute Gasteiger partial charge is 0.258 e. The first-order valence-corrected chi connectivity index (χ1v) is 5.43. The number of nitrogens with one attached hydrogen (secondary N) is 1. The average molecular weight is 218 g/mol. The van der Waals surface area contributed by atoms with Gasteiger partial charge in [-0.05, 0) is 18.6 Å². The summed E-state index contributed by atoms with van der Waals surface area (Å²) in [6, 6.07) is 9.14. The highest BCUT2D eigenvalue weighted by Crippen LogP contribution is 2.22. The molecule has 1 aliphatic rings. The molecule has 1 aromatic rings. The fraction of sp³-hybridized carbons (Fsp3) is 0.333. The summed E-state index contributed by atoms with van der Waals surface area (Å²) in [4.78, 5) is 23.5. The van der Waals surface area contributed by atoms with Crippen molar-refractivity contribution in [1.82, 2.24) is 5.43 Å². The lowest BCUT2D eigenvalue weighted by atomic mass is 10.0. The fourth-order valence-electron chi connectivity index (χ4n) is 1.82. The molecule has 1 atom stereocenters. The molecule has 1 heterocycles. The third-order valence-electron chi connectivity index (χ3n) is 2.65. The number of rotatable bonds is 3. The van der Waals surface area contributed by atoms with Crippen molar-refractivity contribution in [3.05, 3.63) is 30.3 Å². The molecule has 0 radical (unpaired) electrons. The Morgan fingerprint density at radius 1 is 1.25 bits per heavy atom. The SMILES string of the molecule is CCCC1C(=O)NN(c2ccccc2)C1=O. The Morgan fingerprint density at radius 3 is 2.56 bits per heavy atom. The minimum Gasteiger partial charge on any atom is -0.272 e. The number of carbonyl (C=O) groups excluding carboxylic acids is 2. The van der Waals surface area contributed by atoms with Crippen molar-refractivity contribution < 1.29 is 9.59 Å². The summed E-state index contributed by atoms with van der Waals surface area (Å²) >= 11 is 0. The molecule has 16 heavy (non-hydrogen) atoms. The topological polar surface area (TPSA) is 49.4 Å². The Balaban J connectivity index is 2.21. The summed E-state index contributed by atoms with van der Waals surface area (Å²) in [5.41, 5.74) is 3.31. The molecule has 84 valence electrons. The molecule has 1 aliphatic heterocycles. The third-order valence-corrected chi connectivity index (χ3v) is 2.65. The van der Waals surface area contributed by atoms with Gasteiger partial charge in [0.2, 0.25) is 0 Å². The van der Waals surface area contributed by atoms with E-state index < -0.39 is 5.92 Å². The predicted octanol–water partition coefficient (Wildman–Crippen LogP) is 1.48. The van der Waals surface area contributed by atoms with Crippen molar-refractivity contribution in [2.75, 3.05) is 5.01 Å². The van der Waals surface area contributed by atoms with Crippen LogP contribution in [0, 0.1) is 5.92 Å². The van der Waals surface area contributed by atoms with Gasteiger partial charge < -0.3 is 0 Å². The molecule has 4 heteroatoms. The molecular weight excluding hydrogens is 204 g/mol. The van der Waals surface area contributed by atoms with Gasteiger partial charge >= 0.3 is 0 Å². The Bertz CT molecular complexity index is 403. The van der Waals surface area contributed by atoms with Crippen LogP contribution in [0.3, 0.4) is 0 Å². The predicted molar refractivity (Wildman–Crippen MR) is 60.5 cm³/mol. The van der Waals surface area contributed by atoms with E-state index in [1.165, 1.54) is 5.01 Å². The summed E-state index contributed by atoms with van der Waals surface area (Å²) in [6.07, 6.45) is 1.43. The van der Waals surface area contributed by atoms with Crippen LogP contribution in [0.4, 0.5) is 5.69 Å². The largest absolute Gasteiger partial charge is 0.272 e. The van der Waals surface area contributed by atoms with Crippen LogP contribution in [-0.4, -0.2) is 11.8 Å². The Kier molecular flexibility index (Phi) is 2.90. The van der Waals surface area contributed by atoms with Crippen molar-refractivity contribution in [3.63, 3.8) is 0 Å². The second-order valence-electron chi connectivity index (χ2n) is 3.83. The lowest BCUT2D eigenvalue weighted by Gasteiger charge is -2.14. The van der Waals surface area contributed by atoms with E-state index in [1.807, 2.05) is 25.1 Å². The highest BCUT2D eigenvalue weighted by atomic mass is 16.2. The lowest BCUT2D eigenvalue weighted by molar-refractivity contribution is -0.127. The molecule has 1 unspecified atom stereocenters. The van der Waals surface area contributed by atoms with E-state index in [-0.39, 0.29) is 11.8 Å². The number of carbonyl (C=O) groups is 2. The zero-order chi connectivity index (χ0) is 11.5. The Hall–Kier alpha value is -1.84. The van der Waals surface area contributed by atoms with Crippen LogP contribution in [0.5, 0.6) is 0 Å². The summed E-state index contributed by atoms with van der Waals surface area (Å²) in [5.74, 6) is -0.876. The molecule has 0 aromatic heterocycles. The van der Waals surface area contributed by atoms with Gasteiger partial charge in [-0.1, -0.05) is 31.5 Å². The van der Waals surface area contributed by atoms with Crippen LogP contribution in [-0.2, 0) is 9.59 Å². The summed E-state index contributed by atoms with van der Waals surface area (Å²) < 4.78 is 0. The number of hydrogen-bond acceptors (Lipinski definition) is 2. The van der Waals surface area contributed by atoms with Gasteiger partial charge in [0.05, 0.1) is 5.69 Å². The average Bonchev–Trinajstić information content (AvgIpc) is 2.59. The van der Waals surface area contributed by atoms with E-state index in [0.717, 1.165) is 6.42 Å². The van der Waals surface area contributed by atoms with E-state index in [0.29, 0.717) is 12.1 Å². The van der Waals surface area contributed by atoms with E-state index in [2.05, 4.69) is 5.43 Å². The zero-order valence-electron chi connectivity index (χ0n) is 9.14. The first-order valence-electron chi connectivity index (χ1n) is 5.43. The van der Waals surface area contributed by atoms with Crippen LogP contribution in [0.1, 0.15) is 19.8 Å². The van der Waals surface area contributed by atoms with Crippen LogP contribution in [0.15, 0.2) is 30.3 Å². The summed E-state index contributed by atoms with van der Waals surface area (Å²) in [6.45, 7) is 1.96. The maximum atomic E-state index is 11.9. The Morgan fingerprint density at radius 2 is 1.94 bits per heavy atom. The molecule has 2 amide bonds. The molecular formula is C12H14N2O2. The van der Waals surface area contributed by atoms with Crippen LogP contribution in [0.25, 0.3) is 0 Å². The number of amides is 2. The van der Waals surface area contributed by atoms with E-state index in [4.69, 9.17) is 0 Å². The van der Waals surface area contributed by atoms with Gasteiger partial charge in [-0.2, -0.15) is 0 Å². The highest BCUT2D eigenvalue weighted by molar-refractivity contribution is 6.14. The second kappa shape index (κ2) is 4.35. The first kappa shape index (κ1) is 10.7. The minimum atomic E-state index is -0.523. The molecule has 1 aromatic carbocycles. The molecule has 0 saturated carbocycles. The molecule has 4 nitrogen and oxygen atoms in total. The maximum absolute atomic E-state index is 11.9. The lowest BCUT2D eigenvalue weighted by Crippen LogP contribution is -2.35. The molecule has 2 rings (SSSR count). The standard InChI is InChI=1S/C12H14N2O2/c1-2-6-10-11(15)13-14(12(10)16)9-7-4-3-5-8-9/h3-5,7-8,10H,2,6H2,1H3,(H,13,15). The van der Waals surface area contributed by atoms with Gasteiger partial charge in [0.25, 0.3) is 11.8 Å². The van der Waals surface area contributed by atoms with E-state index >= 15 is 0 Å². The van der Waals surface area contributed by atoms with Gasteiger partial charge in [-0.15, -0.1) is 0 Å². The van der Waals surface area contributed by atoms with Crippen molar-refractivity contribution >= 4 is 17.5 Å². The first-order chi connectivity index (χ1) is 7.74. The molecule has 0 spiro atoms. The van der Waals surface area contributed by atoms with Gasteiger partial charge in [-0.25, -0.2) is 5.01 Å². The Labute approximate surface area is 94.2 Å². The van der Waals surface area contributed by atoms with Crippen molar-refractivity contribution in [3.8, 4) is 0 Å². The van der Waals surface area contributed by atoms with Crippen molar-refractivity contribution in [2.45, 2.75) is 19.8 Å². The monoisotopic (exact) mass is 218 g/mol. The highest BCUT2D eigenvalue weighted by Gasteiger charge is 2.38. The van der Waals surface area contributed by atoms with Crippen LogP contribution < -0.4 is 10.4 Å². The maximum Gasteiger partial charge on any atom is 0.258 e. The number of para-hydroxylation sites is 1. The van der Waals surface area contributed by atoms with E-state index in [9.17, 15) is 9.59 Å². The number of hydrogen-bond donors (Lipinski definition) is 1. The van der Waals surface area contributed by atoms with Crippen molar-refractivity contribution in [1.29, 1.82) is 0 Å². The van der Waals surface area contributed by atoms with E-state index in [1.54, 1.807) is 12.1 Å². The normalized spacial score (nSPS) is 20.1. The molecule has 1 N–H and O–H groups in total. The molecule has 0 aliphatic carbocycles. The van der Waals surface area contributed by atoms with Gasteiger partial charge in [-0.3, -0.25) is 15.0 Å². The summed E-state index contributed by atoms with van der Waals surface area (Å²) in [7, 11) is 0. The van der Waals surface area contributed by atoms with Crippen LogP contribution in [0.2, 0.25) is 0 Å². The molecule has 1 fully saturated rings. The van der Waals surface area contributed by atoms with Crippen LogP contribution >= 0.6 is 0 Å². The number of hydrazine groups is 1. The zero-order valence-corrected chi connectivity index (χ0v) is 9.14. The number of anilines is 1. The minimum absolute atomic E-state index is 0.155. The summed E-state index contributed by atoms with van der Waals surface area (Å²) in [5, 5.41) is 1.34.